The van der Waals surface area contributed by atoms with E-state index in [4.69, 9.17) is 9.47 Å². The number of unbranched alkanes of at least 4 members (excludes halogenated alkanes) is 2. The molecule has 9 heteroatoms. The predicted molar refractivity (Wildman–Crippen MR) is 152 cm³/mol. The summed E-state index contributed by atoms with van der Waals surface area (Å²) in [5.41, 5.74) is 0.0501. The highest BCUT2D eigenvalue weighted by atomic mass is 16.6. The Kier molecular flexibility index (Phi) is 11.6. The standard InChI is InChI=1S/C30H43N3O6/c1-8-9-12-19-33(28(36)25(20(2)3)32-29(37)39-30(4,5)6)26(23-13-10-11-14-24(23)34)27(35)31-21-15-17-22(38-7)18-16-21/h10-11,13-18,20,25-26,34H,8-9,12,19H2,1-7H3,(H,31,35)(H,32,37). The molecule has 2 aromatic carbocycles. The van der Waals surface area contributed by atoms with Crippen molar-refractivity contribution < 1.29 is 29.0 Å². The van der Waals surface area contributed by atoms with Crippen LogP contribution in [0.5, 0.6) is 11.5 Å². The first-order valence-corrected chi connectivity index (χ1v) is 13.4. The Bertz CT molecular complexity index is 1090. The van der Waals surface area contributed by atoms with Crippen LogP contribution >= 0.6 is 0 Å². The summed E-state index contributed by atoms with van der Waals surface area (Å²) in [7, 11) is 1.55. The first kappa shape index (κ1) is 31.5. The number of aromatic hydroxyl groups is 1. The molecule has 0 aliphatic carbocycles. The molecule has 0 bridgehead atoms. The number of anilines is 1. The maximum Gasteiger partial charge on any atom is 0.408 e. The fourth-order valence-corrected chi connectivity index (χ4v) is 4.08. The van der Waals surface area contributed by atoms with Crippen molar-refractivity contribution in [2.24, 2.45) is 5.92 Å². The first-order valence-electron chi connectivity index (χ1n) is 13.4. The summed E-state index contributed by atoms with van der Waals surface area (Å²) in [5.74, 6) is -0.707. The molecular formula is C30H43N3O6. The lowest BCUT2D eigenvalue weighted by atomic mass is 9.97. The molecule has 2 rings (SSSR count). The lowest BCUT2D eigenvalue weighted by molar-refractivity contribution is -0.141. The first-order chi connectivity index (χ1) is 18.4. The van der Waals surface area contributed by atoms with Crippen LogP contribution in [0, 0.1) is 5.92 Å². The molecule has 214 valence electrons. The molecule has 0 aliphatic rings. The minimum Gasteiger partial charge on any atom is -0.508 e. The molecule has 0 heterocycles. The lowest BCUT2D eigenvalue weighted by Crippen LogP contribution is -2.54. The third kappa shape index (κ3) is 9.50. The average molecular weight is 542 g/mol. The summed E-state index contributed by atoms with van der Waals surface area (Å²) in [6, 6.07) is 11.2. The van der Waals surface area contributed by atoms with Crippen LogP contribution in [0.25, 0.3) is 0 Å². The Morgan fingerprint density at radius 2 is 1.64 bits per heavy atom. The smallest absolute Gasteiger partial charge is 0.408 e. The SMILES string of the molecule is CCCCCN(C(=O)C(NC(=O)OC(C)(C)C)C(C)C)C(C(=O)Nc1ccc(OC)cc1)c1ccccc1O. The summed E-state index contributed by atoms with van der Waals surface area (Å²) in [6.07, 6.45) is 1.66. The highest BCUT2D eigenvalue weighted by Crippen LogP contribution is 2.32. The summed E-state index contributed by atoms with van der Waals surface area (Å²) >= 11 is 0. The molecule has 2 atom stereocenters. The Hall–Kier alpha value is -3.75. The van der Waals surface area contributed by atoms with E-state index in [9.17, 15) is 19.5 Å². The van der Waals surface area contributed by atoms with E-state index < -0.39 is 35.6 Å². The number of phenolic OH excluding ortho intramolecular Hbond substituents is 1. The van der Waals surface area contributed by atoms with Crippen LogP contribution in [0.4, 0.5) is 10.5 Å². The monoisotopic (exact) mass is 541 g/mol. The van der Waals surface area contributed by atoms with Crippen molar-refractivity contribution in [3.05, 3.63) is 54.1 Å². The number of para-hydroxylation sites is 1. The number of amides is 3. The van der Waals surface area contributed by atoms with E-state index in [1.165, 1.54) is 11.0 Å². The molecule has 0 fully saturated rings. The molecule has 3 N–H and O–H groups in total. The van der Waals surface area contributed by atoms with Gasteiger partial charge in [0.1, 0.15) is 29.2 Å². The molecule has 0 spiro atoms. The fraction of sp³-hybridized carbons (Fsp3) is 0.500. The van der Waals surface area contributed by atoms with Crippen LogP contribution in [-0.2, 0) is 14.3 Å². The zero-order valence-corrected chi connectivity index (χ0v) is 24.1. The Morgan fingerprint density at radius 1 is 1.00 bits per heavy atom. The van der Waals surface area contributed by atoms with Gasteiger partial charge in [0, 0.05) is 17.8 Å². The number of nitrogens with zero attached hydrogens (tertiary/aromatic N) is 1. The Balaban J connectivity index is 2.52. The van der Waals surface area contributed by atoms with Crippen molar-refractivity contribution in [2.75, 3.05) is 19.0 Å². The number of carbonyl (C=O) groups is 3. The third-order valence-electron chi connectivity index (χ3n) is 6.04. The fourth-order valence-electron chi connectivity index (χ4n) is 4.08. The lowest BCUT2D eigenvalue weighted by Gasteiger charge is -2.35. The van der Waals surface area contributed by atoms with Gasteiger partial charge in [-0.1, -0.05) is 51.8 Å². The number of ether oxygens (including phenoxy) is 2. The van der Waals surface area contributed by atoms with Crippen LogP contribution in [0.15, 0.2) is 48.5 Å². The van der Waals surface area contributed by atoms with E-state index in [1.54, 1.807) is 70.3 Å². The maximum absolute atomic E-state index is 14.1. The van der Waals surface area contributed by atoms with E-state index in [0.29, 0.717) is 17.9 Å². The topological polar surface area (TPSA) is 117 Å². The van der Waals surface area contributed by atoms with Crippen molar-refractivity contribution in [2.45, 2.75) is 78.5 Å². The van der Waals surface area contributed by atoms with Gasteiger partial charge in [0.2, 0.25) is 5.91 Å². The minimum absolute atomic E-state index is 0.109. The summed E-state index contributed by atoms with van der Waals surface area (Å²) in [4.78, 5) is 42.1. The van der Waals surface area contributed by atoms with Crippen molar-refractivity contribution in [1.82, 2.24) is 10.2 Å². The van der Waals surface area contributed by atoms with Gasteiger partial charge in [0.15, 0.2) is 0 Å². The zero-order valence-electron chi connectivity index (χ0n) is 24.1. The molecule has 0 aromatic heterocycles. The van der Waals surface area contributed by atoms with Crippen molar-refractivity contribution in [3.63, 3.8) is 0 Å². The van der Waals surface area contributed by atoms with Gasteiger partial charge >= 0.3 is 6.09 Å². The van der Waals surface area contributed by atoms with Gasteiger partial charge in [-0.05, 0) is 63.4 Å². The van der Waals surface area contributed by atoms with E-state index in [2.05, 4.69) is 10.6 Å². The van der Waals surface area contributed by atoms with E-state index in [1.807, 2.05) is 20.8 Å². The quantitative estimate of drug-likeness (QED) is 0.299. The maximum atomic E-state index is 14.1. The van der Waals surface area contributed by atoms with Gasteiger partial charge in [0.25, 0.3) is 5.91 Å². The van der Waals surface area contributed by atoms with E-state index >= 15 is 0 Å². The van der Waals surface area contributed by atoms with Crippen molar-refractivity contribution in [3.8, 4) is 11.5 Å². The molecular weight excluding hydrogens is 498 g/mol. The third-order valence-corrected chi connectivity index (χ3v) is 6.04. The van der Waals surface area contributed by atoms with E-state index in [-0.39, 0.29) is 23.8 Å². The minimum atomic E-state index is -1.15. The van der Waals surface area contributed by atoms with Crippen LogP contribution in [0.1, 0.15) is 72.4 Å². The molecule has 2 unspecified atom stereocenters. The van der Waals surface area contributed by atoms with Crippen LogP contribution in [0.3, 0.4) is 0 Å². The van der Waals surface area contributed by atoms with Crippen LogP contribution < -0.4 is 15.4 Å². The number of methoxy groups -OCH3 is 1. The van der Waals surface area contributed by atoms with Crippen molar-refractivity contribution >= 4 is 23.6 Å². The van der Waals surface area contributed by atoms with Gasteiger partial charge in [-0.15, -0.1) is 0 Å². The molecule has 9 nitrogen and oxygen atoms in total. The average Bonchev–Trinajstić information content (AvgIpc) is 2.86. The molecule has 39 heavy (non-hydrogen) atoms. The van der Waals surface area contributed by atoms with Crippen LogP contribution in [-0.4, -0.2) is 53.2 Å². The Morgan fingerprint density at radius 3 is 2.18 bits per heavy atom. The van der Waals surface area contributed by atoms with Crippen molar-refractivity contribution in [1.29, 1.82) is 0 Å². The second-order valence-electron chi connectivity index (χ2n) is 10.8. The number of nitrogens with one attached hydrogen (secondary N) is 2. The number of hydrogen-bond acceptors (Lipinski definition) is 6. The highest BCUT2D eigenvalue weighted by Gasteiger charge is 2.38. The zero-order chi connectivity index (χ0) is 29.2. The van der Waals surface area contributed by atoms with Gasteiger partial charge in [-0.2, -0.15) is 0 Å². The largest absolute Gasteiger partial charge is 0.508 e. The van der Waals surface area contributed by atoms with E-state index in [0.717, 1.165) is 12.8 Å². The number of rotatable bonds is 12. The second-order valence-corrected chi connectivity index (χ2v) is 10.8. The van der Waals surface area contributed by atoms with Gasteiger partial charge < -0.3 is 30.1 Å². The number of hydrogen-bond donors (Lipinski definition) is 3. The molecule has 0 saturated carbocycles. The van der Waals surface area contributed by atoms with Gasteiger partial charge in [0.05, 0.1) is 7.11 Å². The number of benzene rings is 2. The summed E-state index contributed by atoms with van der Waals surface area (Å²) < 4.78 is 10.6. The van der Waals surface area contributed by atoms with Gasteiger partial charge in [-0.25, -0.2) is 4.79 Å². The molecule has 0 radical (unpaired) electrons. The molecule has 0 saturated heterocycles. The number of carbonyl (C=O) groups excluding carboxylic acids is 3. The summed E-state index contributed by atoms with van der Waals surface area (Å²) in [5, 5.41) is 16.3. The van der Waals surface area contributed by atoms with Gasteiger partial charge in [-0.3, -0.25) is 9.59 Å². The Labute approximate surface area is 231 Å². The number of phenols is 1. The normalized spacial score (nSPS) is 12.8. The predicted octanol–water partition coefficient (Wildman–Crippen LogP) is 5.65. The molecule has 3 amide bonds. The number of alkyl carbamates (subject to hydrolysis) is 1. The molecule has 0 aliphatic heterocycles. The van der Waals surface area contributed by atoms with Crippen LogP contribution in [0.2, 0.25) is 0 Å². The molecule has 2 aromatic rings. The highest BCUT2D eigenvalue weighted by molar-refractivity contribution is 5.99. The summed E-state index contributed by atoms with van der Waals surface area (Å²) in [6.45, 7) is 11.2. The second kappa shape index (κ2) is 14.4.